The van der Waals surface area contributed by atoms with Crippen molar-refractivity contribution in [3.05, 3.63) is 91.0 Å². The monoisotopic (exact) mass is 457 g/mol. The Morgan fingerprint density at radius 2 is 1.18 bits per heavy atom. The number of benzene rings is 3. The molecule has 0 atom stereocenters. The maximum atomic E-state index is 11.5. The number of carbonyl (C=O) groups is 1. The standard InChI is InChI=1S/C23H25BrNO2P/c24-28(20-11-4-1-5-12-20,21-13-6-2-7-14-21,22-15-8-3-9-16-22)18-10-17-27-23(26)19-25/h1-9,11-16H,10,17-19,25H2. The van der Waals surface area contributed by atoms with Gasteiger partial charge in [0, 0.05) is 0 Å². The van der Waals surface area contributed by atoms with Crippen molar-refractivity contribution in [2.24, 2.45) is 5.73 Å². The molecule has 0 aliphatic heterocycles. The number of nitrogens with two attached hydrogens (primary N) is 1. The molecule has 0 amide bonds. The molecule has 0 fully saturated rings. The maximum absolute atomic E-state index is 11.5. The first-order valence-corrected chi connectivity index (χ1v) is 13.8. The SMILES string of the molecule is NCC(=O)OCCCP(Br)(c1ccccc1)(c1ccccc1)c1ccccc1. The number of halogens is 1. The average Bonchev–Trinajstić information content (AvgIpc) is 2.78. The molecular weight excluding hydrogens is 433 g/mol. The van der Waals surface area contributed by atoms with E-state index in [0.29, 0.717) is 6.61 Å². The second-order valence-electron chi connectivity index (χ2n) is 6.69. The summed E-state index contributed by atoms with van der Waals surface area (Å²) in [5.41, 5.74) is 5.36. The van der Waals surface area contributed by atoms with Gasteiger partial charge in [-0.1, -0.05) is 0 Å². The molecule has 3 nitrogen and oxygen atoms in total. The zero-order valence-corrected chi connectivity index (χ0v) is 18.2. The van der Waals surface area contributed by atoms with Crippen LogP contribution in [0.2, 0.25) is 0 Å². The summed E-state index contributed by atoms with van der Waals surface area (Å²) in [5.74, 6) is -0.367. The minimum absolute atomic E-state index is 0.0893. The fourth-order valence-electron chi connectivity index (χ4n) is 3.66. The third-order valence-corrected chi connectivity index (χ3v) is 15.1. The van der Waals surface area contributed by atoms with Crippen LogP contribution in [0.25, 0.3) is 0 Å². The van der Waals surface area contributed by atoms with Gasteiger partial charge in [-0.15, -0.1) is 0 Å². The molecule has 0 bridgehead atoms. The van der Waals surface area contributed by atoms with Crippen molar-refractivity contribution in [3.63, 3.8) is 0 Å². The van der Waals surface area contributed by atoms with Crippen LogP contribution in [-0.4, -0.2) is 25.3 Å². The summed E-state index contributed by atoms with van der Waals surface area (Å²) in [5, 5.41) is 0.853. The van der Waals surface area contributed by atoms with Gasteiger partial charge in [-0.3, -0.25) is 0 Å². The Morgan fingerprint density at radius 1 is 0.786 bits per heavy atom. The van der Waals surface area contributed by atoms with E-state index in [2.05, 4.69) is 88.3 Å². The van der Waals surface area contributed by atoms with E-state index in [1.54, 1.807) is 0 Å². The third kappa shape index (κ3) is 3.91. The first kappa shape index (κ1) is 20.7. The van der Waals surface area contributed by atoms with Crippen molar-refractivity contribution in [1.29, 1.82) is 0 Å². The Morgan fingerprint density at radius 3 is 1.54 bits per heavy atom. The molecule has 3 rings (SSSR count). The number of rotatable bonds is 8. The average molecular weight is 458 g/mol. The Balaban J connectivity index is 2.15. The summed E-state index contributed by atoms with van der Waals surface area (Å²) < 4.78 is 5.28. The Labute approximate surface area is 174 Å². The van der Waals surface area contributed by atoms with Crippen molar-refractivity contribution in [2.45, 2.75) is 6.42 Å². The van der Waals surface area contributed by atoms with Gasteiger partial charge in [0.15, 0.2) is 0 Å². The normalized spacial score (nSPS) is 12.7. The minimum atomic E-state index is -2.93. The van der Waals surface area contributed by atoms with Crippen LogP contribution in [-0.2, 0) is 9.53 Å². The van der Waals surface area contributed by atoms with Gasteiger partial charge in [0.05, 0.1) is 0 Å². The van der Waals surface area contributed by atoms with E-state index in [1.807, 2.05) is 18.2 Å². The molecule has 0 radical (unpaired) electrons. The number of hydrogen-bond donors (Lipinski definition) is 1. The van der Waals surface area contributed by atoms with Crippen LogP contribution in [0, 0.1) is 0 Å². The van der Waals surface area contributed by atoms with Crippen LogP contribution >= 0.6 is 20.8 Å². The van der Waals surface area contributed by atoms with Gasteiger partial charge in [0.1, 0.15) is 0 Å². The summed E-state index contributed by atoms with van der Waals surface area (Å²) in [6.45, 7) is 0.264. The zero-order valence-electron chi connectivity index (χ0n) is 15.7. The molecule has 0 unspecified atom stereocenters. The molecule has 3 aromatic carbocycles. The molecule has 5 heteroatoms. The molecule has 0 spiro atoms. The summed E-state index contributed by atoms with van der Waals surface area (Å²) in [4.78, 5) is 11.5. The van der Waals surface area contributed by atoms with Crippen LogP contribution in [0.4, 0.5) is 0 Å². The fourth-order valence-corrected chi connectivity index (χ4v) is 11.3. The first-order chi connectivity index (χ1) is 13.6. The van der Waals surface area contributed by atoms with Crippen molar-refractivity contribution < 1.29 is 9.53 Å². The fraction of sp³-hybridized carbons (Fsp3) is 0.174. The van der Waals surface area contributed by atoms with Crippen LogP contribution in [0.5, 0.6) is 0 Å². The summed E-state index contributed by atoms with van der Waals surface area (Å²) >= 11 is 4.37. The molecule has 3 aromatic rings. The van der Waals surface area contributed by atoms with E-state index in [9.17, 15) is 4.79 Å². The van der Waals surface area contributed by atoms with E-state index in [4.69, 9.17) is 10.5 Å². The van der Waals surface area contributed by atoms with Gasteiger partial charge in [-0.25, -0.2) is 0 Å². The Kier molecular flexibility index (Phi) is 6.66. The van der Waals surface area contributed by atoms with Crippen LogP contribution in [0.15, 0.2) is 91.0 Å². The van der Waals surface area contributed by atoms with Gasteiger partial charge >= 0.3 is 175 Å². The third-order valence-electron chi connectivity index (χ3n) is 5.04. The topological polar surface area (TPSA) is 52.3 Å². The van der Waals surface area contributed by atoms with Gasteiger partial charge in [0.2, 0.25) is 0 Å². The van der Waals surface area contributed by atoms with Crippen molar-refractivity contribution in [3.8, 4) is 0 Å². The van der Waals surface area contributed by atoms with Gasteiger partial charge in [-0.2, -0.15) is 0 Å². The molecule has 0 saturated carbocycles. The van der Waals surface area contributed by atoms with E-state index in [0.717, 1.165) is 12.6 Å². The van der Waals surface area contributed by atoms with Crippen LogP contribution in [0.3, 0.4) is 0 Å². The molecule has 0 aliphatic carbocycles. The molecule has 0 saturated heterocycles. The first-order valence-electron chi connectivity index (χ1n) is 9.35. The van der Waals surface area contributed by atoms with E-state index in [-0.39, 0.29) is 12.5 Å². The molecule has 0 aliphatic rings. The van der Waals surface area contributed by atoms with Gasteiger partial charge in [0.25, 0.3) is 0 Å². The second-order valence-corrected chi connectivity index (χ2v) is 15.7. The van der Waals surface area contributed by atoms with Crippen molar-refractivity contribution in [2.75, 3.05) is 19.3 Å². The number of esters is 1. The number of carbonyl (C=O) groups excluding carboxylic acids is 1. The summed E-state index contributed by atoms with van der Waals surface area (Å²) in [7, 11) is 0. The van der Waals surface area contributed by atoms with Crippen LogP contribution in [0.1, 0.15) is 6.42 Å². The van der Waals surface area contributed by atoms with E-state index in [1.165, 1.54) is 15.9 Å². The Bertz CT molecular complexity index is 804. The molecular formula is C23H25BrNO2P. The van der Waals surface area contributed by atoms with Gasteiger partial charge < -0.3 is 0 Å². The molecule has 146 valence electrons. The van der Waals surface area contributed by atoms with E-state index >= 15 is 0 Å². The number of hydrogen-bond acceptors (Lipinski definition) is 3. The van der Waals surface area contributed by atoms with Crippen LogP contribution < -0.4 is 21.6 Å². The predicted octanol–water partition coefficient (Wildman–Crippen LogP) is 3.72. The second kappa shape index (κ2) is 9.00. The zero-order chi connectivity index (χ0) is 19.9. The van der Waals surface area contributed by atoms with Crippen molar-refractivity contribution in [1.82, 2.24) is 0 Å². The molecule has 0 aromatic heterocycles. The summed E-state index contributed by atoms with van der Waals surface area (Å²) in [6.07, 6.45) is 1.56. The molecule has 28 heavy (non-hydrogen) atoms. The molecule has 2 N–H and O–H groups in total. The Hall–Kier alpha value is -2.00. The predicted molar refractivity (Wildman–Crippen MR) is 124 cm³/mol. The number of ether oxygens (including phenoxy) is 1. The van der Waals surface area contributed by atoms with Crippen molar-refractivity contribution >= 4 is 42.7 Å². The van der Waals surface area contributed by atoms with Gasteiger partial charge in [-0.05, 0) is 0 Å². The quantitative estimate of drug-likeness (QED) is 0.318. The van der Waals surface area contributed by atoms with E-state index < -0.39 is 5.31 Å². The molecule has 0 heterocycles. The summed E-state index contributed by atoms with van der Waals surface area (Å²) in [6, 6.07) is 31.8.